The molecule has 1 heteroatoms. The molecule has 3 aliphatic rings. The van der Waals surface area contributed by atoms with Crippen LogP contribution in [0.25, 0.3) is 0 Å². The molecule has 0 atom stereocenters. The van der Waals surface area contributed by atoms with Gasteiger partial charge in [-0.05, 0) is 44.6 Å². The Kier molecular flexibility index (Phi) is 1.48. The lowest BCUT2D eigenvalue weighted by Crippen LogP contribution is -2.55. The van der Waals surface area contributed by atoms with E-state index in [0.717, 1.165) is 5.92 Å². The van der Waals surface area contributed by atoms with Crippen LogP contribution in [-0.2, 0) is 0 Å². The molecule has 0 aromatic rings. The summed E-state index contributed by atoms with van der Waals surface area (Å²) in [4.78, 5) is 0. The van der Waals surface area contributed by atoms with Crippen molar-refractivity contribution in [3.05, 3.63) is 0 Å². The fraction of sp³-hybridized carbons (Fsp3) is 1.00. The molecule has 2 bridgehead atoms. The molecule has 1 saturated carbocycles. The predicted octanol–water partition coefficient (Wildman–Crippen LogP) is 1.93. The quantitative estimate of drug-likeness (QED) is 0.585. The average Bonchev–Trinajstić information content (AvgIpc) is 2.08. The molecule has 0 spiro atoms. The highest BCUT2D eigenvalue weighted by Crippen LogP contribution is 2.38. The summed E-state index contributed by atoms with van der Waals surface area (Å²) in [5.41, 5.74) is 0.578. The topological polar surface area (TPSA) is 12.0 Å². The van der Waals surface area contributed by atoms with Crippen molar-refractivity contribution < 1.29 is 0 Å². The van der Waals surface area contributed by atoms with Gasteiger partial charge in [-0.3, -0.25) is 0 Å². The van der Waals surface area contributed by atoms with Gasteiger partial charge < -0.3 is 5.32 Å². The second-order valence-corrected chi connectivity index (χ2v) is 3.96. The summed E-state index contributed by atoms with van der Waals surface area (Å²) in [6, 6.07) is 0. The van der Waals surface area contributed by atoms with Gasteiger partial charge in [0.15, 0.2) is 0 Å². The van der Waals surface area contributed by atoms with E-state index in [1.165, 1.54) is 38.6 Å². The van der Waals surface area contributed by atoms with E-state index in [4.69, 9.17) is 0 Å². The second-order valence-electron chi connectivity index (χ2n) is 3.96. The van der Waals surface area contributed by atoms with Gasteiger partial charge in [0.25, 0.3) is 0 Å². The highest BCUT2D eigenvalue weighted by molar-refractivity contribution is 4.97. The standard InChI is InChI=1S/C9H17N/c1-2-9-5-3-8(4-6-9)7-10-9/h8,10H,2-7H2,1H3. The highest BCUT2D eigenvalue weighted by atomic mass is 15.0. The molecule has 0 unspecified atom stereocenters. The third kappa shape index (κ3) is 0.878. The van der Waals surface area contributed by atoms with E-state index >= 15 is 0 Å². The molecular formula is C9H17N. The van der Waals surface area contributed by atoms with Crippen LogP contribution in [-0.4, -0.2) is 12.1 Å². The van der Waals surface area contributed by atoms with Crippen molar-refractivity contribution in [1.29, 1.82) is 0 Å². The van der Waals surface area contributed by atoms with Gasteiger partial charge in [0.05, 0.1) is 0 Å². The summed E-state index contributed by atoms with van der Waals surface area (Å²) in [7, 11) is 0. The van der Waals surface area contributed by atoms with Crippen LogP contribution >= 0.6 is 0 Å². The molecule has 2 aliphatic heterocycles. The molecule has 0 radical (unpaired) electrons. The lowest BCUT2D eigenvalue weighted by molar-refractivity contribution is 0.114. The molecule has 1 N–H and O–H groups in total. The van der Waals surface area contributed by atoms with E-state index in [1.54, 1.807) is 0 Å². The minimum atomic E-state index is 0.578. The van der Waals surface area contributed by atoms with Crippen molar-refractivity contribution in [1.82, 2.24) is 5.32 Å². The van der Waals surface area contributed by atoms with Crippen molar-refractivity contribution in [2.24, 2.45) is 5.92 Å². The summed E-state index contributed by atoms with van der Waals surface area (Å²) >= 11 is 0. The van der Waals surface area contributed by atoms with Crippen LogP contribution in [0.3, 0.4) is 0 Å². The Morgan fingerprint density at radius 3 is 2.40 bits per heavy atom. The molecular weight excluding hydrogens is 122 g/mol. The molecule has 0 aromatic carbocycles. The largest absolute Gasteiger partial charge is 0.311 e. The van der Waals surface area contributed by atoms with Crippen LogP contribution in [0.4, 0.5) is 0 Å². The average molecular weight is 139 g/mol. The number of hydrogen-bond donors (Lipinski definition) is 1. The van der Waals surface area contributed by atoms with Crippen LogP contribution in [0, 0.1) is 5.92 Å². The fourth-order valence-electron chi connectivity index (χ4n) is 2.45. The first-order valence-electron chi connectivity index (χ1n) is 4.60. The zero-order valence-electron chi connectivity index (χ0n) is 6.82. The zero-order chi connectivity index (χ0) is 7.03. The Hall–Kier alpha value is -0.0400. The van der Waals surface area contributed by atoms with E-state index in [9.17, 15) is 0 Å². The summed E-state index contributed by atoms with van der Waals surface area (Å²) < 4.78 is 0. The smallest absolute Gasteiger partial charge is 0.0179 e. The molecule has 3 fully saturated rings. The highest BCUT2D eigenvalue weighted by Gasteiger charge is 2.38. The monoisotopic (exact) mass is 139 g/mol. The predicted molar refractivity (Wildman–Crippen MR) is 43.0 cm³/mol. The summed E-state index contributed by atoms with van der Waals surface area (Å²) in [5, 5.41) is 3.68. The molecule has 0 amide bonds. The van der Waals surface area contributed by atoms with E-state index in [2.05, 4.69) is 12.2 Å². The Morgan fingerprint density at radius 1 is 1.40 bits per heavy atom. The molecule has 2 heterocycles. The summed E-state index contributed by atoms with van der Waals surface area (Å²) in [6.07, 6.45) is 7.18. The number of hydrogen-bond acceptors (Lipinski definition) is 1. The minimum absolute atomic E-state index is 0.578. The summed E-state index contributed by atoms with van der Waals surface area (Å²) in [6.45, 7) is 3.62. The molecule has 3 rings (SSSR count). The van der Waals surface area contributed by atoms with Gasteiger partial charge in [-0.15, -0.1) is 0 Å². The minimum Gasteiger partial charge on any atom is -0.311 e. The van der Waals surface area contributed by atoms with Crippen LogP contribution in [0.5, 0.6) is 0 Å². The van der Waals surface area contributed by atoms with Crippen molar-refractivity contribution in [2.45, 2.75) is 44.6 Å². The Labute approximate surface area is 63.2 Å². The fourth-order valence-corrected chi connectivity index (χ4v) is 2.45. The third-order valence-corrected chi connectivity index (χ3v) is 3.50. The Bertz CT molecular complexity index is 109. The zero-order valence-corrected chi connectivity index (χ0v) is 6.82. The first kappa shape index (κ1) is 6.66. The molecule has 0 aromatic heterocycles. The van der Waals surface area contributed by atoms with Gasteiger partial charge in [-0.2, -0.15) is 0 Å². The number of nitrogens with one attached hydrogen (secondary N) is 1. The van der Waals surface area contributed by atoms with Crippen LogP contribution < -0.4 is 5.32 Å². The van der Waals surface area contributed by atoms with Crippen LogP contribution in [0.2, 0.25) is 0 Å². The van der Waals surface area contributed by atoms with Gasteiger partial charge in [0.2, 0.25) is 0 Å². The van der Waals surface area contributed by atoms with Crippen LogP contribution in [0.15, 0.2) is 0 Å². The maximum absolute atomic E-state index is 3.68. The van der Waals surface area contributed by atoms with E-state index in [0.29, 0.717) is 5.54 Å². The first-order chi connectivity index (χ1) is 4.85. The van der Waals surface area contributed by atoms with Crippen molar-refractivity contribution >= 4 is 0 Å². The number of rotatable bonds is 1. The summed E-state index contributed by atoms with van der Waals surface area (Å²) in [5.74, 6) is 1.02. The number of piperidine rings is 2. The second kappa shape index (κ2) is 2.23. The van der Waals surface area contributed by atoms with Gasteiger partial charge in [-0.1, -0.05) is 6.92 Å². The lowest BCUT2D eigenvalue weighted by atomic mass is 9.71. The van der Waals surface area contributed by atoms with Gasteiger partial charge in [0.1, 0.15) is 0 Å². The van der Waals surface area contributed by atoms with Crippen molar-refractivity contribution in [2.75, 3.05) is 6.54 Å². The third-order valence-electron chi connectivity index (χ3n) is 3.50. The SMILES string of the molecule is CCC12CCC(CC1)CN2. The van der Waals surface area contributed by atoms with Gasteiger partial charge in [0, 0.05) is 5.54 Å². The number of fused-ring (bicyclic) bond motifs is 3. The van der Waals surface area contributed by atoms with Crippen molar-refractivity contribution in [3.8, 4) is 0 Å². The van der Waals surface area contributed by atoms with E-state index < -0.39 is 0 Å². The Balaban J connectivity index is 2.08. The molecule has 58 valence electrons. The van der Waals surface area contributed by atoms with E-state index in [1.807, 2.05) is 0 Å². The molecule has 2 saturated heterocycles. The maximum Gasteiger partial charge on any atom is 0.0179 e. The van der Waals surface area contributed by atoms with Gasteiger partial charge in [-0.25, -0.2) is 0 Å². The molecule has 10 heavy (non-hydrogen) atoms. The maximum atomic E-state index is 3.68. The van der Waals surface area contributed by atoms with Crippen molar-refractivity contribution in [3.63, 3.8) is 0 Å². The normalized spacial score (nSPS) is 45.9. The van der Waals surface area contributed by atoms with E-state index in [-0.39, 0.29) is 0 Å². The molecule has 1 nitrogen and oxygen atoms in total. The van der Waals surface area contributed by atoms with Crippen LogP contribution in [0.1, 0.15) is 39.0 Å². The Morgan fingerprint density at radius 2 is 2.10 bits per heavy atom. The molecule has 1 aliphatic carbocycles. The van der Waals surface area contributed by atoms with Gasteiger partial charge >= 0.3 is 0 Å². The first-order valence-corrected chi connectivity index (χ1v) is 4.60. The lowest BCUT2D eigenvalue weighted by Gasteiger charge is -2.47.